The van der Waals surface area contributed by atoms with Gasteiger partial charge in [-0.05, 0) is 94.4 Å². The molecular weight excluding hydrogens is 632 g/mol. The van der Waals surface area contributed by atoms with Crippen molar-refractivity contribution >= 4 is 34.3 Å². The summed E-state index contributed by atoms with van der Waals surface area (Å²) in [6, 6.07) is 19.0. The molecule has 0 amide bonds. The molecule has 47 heavy (non-hydrogen) atoms. The van der Waals surface area contributed by atoms with Crippen molar-refractivity contribution in [3.05, 3.63) is 105 Å². The number of hydrogen-bond donors (Lipinski definition) is 5. The van der Waals surface area contributed by atoms with Crippen LogP contribution < -0.4 is 10.2 Å². The highest BCUT2D eigenvalue weighted by molar-refractivity contribution is 6.30. The number of benzene rings is 4. The van der Waals surface area contributed by atoms with Gasteiger partial charge in [-0.2, -0.15) is 0 Å². The van der Waals surface area contributed by atoms with Crippen molar-refractivity contribution in [2.45, 2.75) is 39.4 Å². The fraction of sp³-hybridized carbons (Fsp3) is 0.171. The Kier molecular flexibility index (Phi) is 10.0. The molecule has 0 bridgehead atoms. The van der Waals surface area contributed by atoms with Gasteiger partial charge in [0, 0.05) is 33.8 Å². The second-order valence-corrected chi connectivity index (χ2v) is 11.5. The largest absolute Gasteiger partial charge is 0.508 e. The van der Waals surface area contributed by atoms with Crippen LogP contribution in [0, 0.1) is 0 Å². The van der Waals surface area contributed by atoms with Crippen molar-refractivity contribution < 1.29 is 49.0 Å². The number of esters is 1. The number of carbonyl (C=O) groups excluding carboxylic acids is 2. The topological polar surface area (TPSA) is 184 Å². The highest BCUT2D eigenvalue weighted by Gasteiger charge is 2.32. The van der Waals surface area contributed by atoms with Gasteiger partial charge in [0.05, 0.1) is 6.10 Å². The molecule has 4 aromatic carbocycles. The maximum atomic E-state index is 12.4. The standard InChI is InChI=1S/C20H21ClO4.C15H10O7/c1-13(2)24-19(23)20(3,4)25-17-11-7-15(8-12-17)18(22)14-5-9-16(21)10-6-14;16-7-4-10(19)12-11(5-7)22-15(14(21)13(12)20)6-1-2-8(17)9(18)3-6/h5-13H,1-4H3;1-5,16-19,21H. The number of halogens is 1. The fourth-order valence-corrected chi connectivity index (χ4v) is 4.40. The molecule has 244 valence electrons. The van der Waals surface area contributed by atoms with E-state index in [1.807, 2.05) is 0 Å². The number of phenolic OH excluding ortho intramolecular Hbond substituents is 4. The van der Waals surface area contributed by atoms with E-state index < -0.39 is 34.2 Å². The SMILES string of the molecule is CC(C)OC(=O)C(C)(C)Oc1ccc(C(=O)c2ccc(Cl)cc2)cc1.O=c1c(O)c(-c2ccc(O)c(O)c2)oc2cc(O)cc(O)c12. The molecule has 0 fully saturated rings. The third-order valence-corrected chi connectivity index (χ3v) is 6.86. The van der Waals surface area contributed by atoms with Gasteiger partial charge in [0.15, 0.2) is 28.6 Å². The number of ether oxygens (including phenoxy) is 2. The lowest BCUT2D eigenvalue weighted by Gasteiger charge is -2.25. The van der Waals surface area contributed by atoms with Crippen molar-refractivity contribution in [2.75, 3.05) is 0 Å². The molecule has 0 atom stereocenters. The van der Waals surface area contributed by atoms with Crippen LogP contribution in [0.3, 0.4) is 0 Å². The van der Waals surface area contributed by atoms with Crippen LogP contribution in [0.1, 0.15) is 43.6 Å². The predicted octanol–water partition coefficient (Wildman–Crippen LogP) is 6.67. The Morgan fingerprint density at radius 1 is 0.787 bits per heavy atom. The van der Waals surface area contributed by atoms with Gasteiger partial charge in [-0.25, -0.2) is 4.79 Å². The molecule has 0 spiro atoms. The van der Waals surface area contributed by atoms with Gasteiger partial charge in [-0.15, -0.1) is 0 Å². The Bertz CT molecular complexity index is 1990. The number of phenols is 4. The van der Waals surface area contributed by atoms with E-state index in [1.165, 1.54) is 6.07 Å². The Balaban J connectivity index is 0.000000214. The molecule has 12 heteroatoms. The van der Waals surface area contributed by atoms with Crippen LogP contribution in [-0.2, 0) is 9.53 Å². The quantitative estimate of drug-likeness (QED) is 0.0712. The van der Waals surface area contributed by atoms with Crippen molar-refractivity contribution in [1.82, 2.24) is 0 Å². The van der Waals surface area contributed by atoms with E-state index in [4.69, 9.17) is 25.5 Å². The van der Waals surface area contributed by atoms with Crippen molar-refractivity contribution in [3.63, 3.8) is 0 Å². The summed E-state index contributed by atoms with van der Waals surface area (Å²) in [4.78, 5) is 36.6. The van der Waals surface area contributed by atoms with E-state index in [0.717, 1.165) is 24.3 Å². The minimum atomic E-state index is -1.12. The molecule has 0 unspecified atom stereocenters. The van der Waals surface area contributed by atoms with Crippen molar-refractivity contribution in [2.24, 2.45) is 0 Å². The molecule has 5 N–H and O–H groups in total. The second kappa shape index (κ2) is 13.8. The van der Waals surface area contributed by atoms with Gasteiger partial charge in [-0.1, -0.05) is 11.6 Å². The fourth-order valence-electron chi connectivity index (χ4n) is 4.27. The zero-order chi connectivity index (χ0) is 34.6. The summed E-state index contributed by atoms with van der Waals surface area (Å²) in [5.74, 6) is -2.78. The Morgan fingerprint density at radius 3 is 1.96 bits per heavy atom. The molecular formula is C35H31ClO11. The molecule has 0 aliphatic carbocycles. The zero-order valence-electron chi connectivity index (χ0n) is 25.6. The van der Waals surface area contributed by atoms with E-state index in [2.05, 4.69) is 0 Å². The van der Waals surface area contributed by atoms with E-state index in [-0.39, 0.29) is 45.7 Å². The van der Waals surface area contributed by atoms with Crippen LogP contribution in [0.25, 0.3) is 22.3 Å². The molecule has 0 aliphatic heterocycles. The van der Waals surface area contributed by atoms with Crippen molar-refractivity contribution in [3.8, 4) is 45.8 Å². The summed E-state index contributed by atoms with van der Waals surface area (Å²) >= 11 is 5.84. The summed E-state index contributed by atoms with van der Waals surface area (Å²) < 4.78 is 16.3. The van der Waals surface area contributed by atoms with E-state index >= 15 is 0 Å². The molecule has 0 saturated heterocycles. The number of carbonyl (C=O) groups is 2. The number of aromatic hydroxyl groups is 5. The summed E-state index contributed by atoms with van der Waals surface area (Å²) in [5, 5.41) is 48.2. The molecule has 11 nitrogen and oxygen atoms in total. The Labute approximate surface area is 273 Å². The van der Waals surface area contributed by atoms with Gasteiger partial charge >= 0.3 is 5.97 Å². The first-order valence-electron chi connectivity index (χ1n) is 14.1. The maximum absolute atomic E-state index is 12.4. The van der Waals surface area contributed by atoms with Gasteiger partial charge in [0.1, 0.15) is 28.2 Å². The molecule has 1 heterocycles. The van der Waals surface area contributed by atoms with Crippen LogP contribution in [0.5, 0.6) is 34.5 Å². The first-order valence-corrected chi connectivity index (χ1v) is 14.5. The maximum Gasteiger partial charge on any atom is 0.350 e. The summed E-state index contributed by atoms with van der Waals surface area (Å²) in [7, 11) is 0. The lowest BCUT2D eigenvalue weighted by atomic mass is 10.0. The van der Waals surface area contributed by atoms with Crippen LogP contribution in [0.4, 0.5) is 0 Å². The van der Waals surface area contributed by atoms with Gasteiger partial charge in [0.25, 0.3) is 0 Å². The first kappa shape index (κ1) is 34.2. The van der Waals surface area contributed by atoms with Crippen LogP contribution >= 0.6 is 11.6 Å². The third-order valence-electron chi connectivity index (χ3n) is 6.60. The smallest absolute Gasteiger partial charge is 0.350 e. The number of fused-ring (bicyclic) bond motifs is 1. The van der Waals surface area contributed by atoms with Crippen molar-refractivity contribution in [1.29, 1.82) is 0 Å². The number of hydrogen-bond acceptors (Lipinski definition) is 11. The molecule has 5 aromatic rings. The monoisotopic (exact) mass is 662 g/mol. The molecule has 0 aliphatic rings. The first-order chi connectivity index (χ1) is 22.1. The van der Waals surface area contributed by atoms with Gasteiger partial charge < -0.3 is 39.4 Å². The molecule has 1 aromatic heterocycles. The van der Waals surface area contributed by atoms with Crippen LogP contribution in [0.2, 0.25) is 5.02 Å². The molecule has 0 radical (unpaired) electrons. The highest BCUT2D eigenvalue weighted by atomic mass is 35.5. The van der Waals surface area contributed by atoms with E-state index in [1.54, 1.807) is 76.2 Å². The molecule has 5 rings (SSSR count). The van der Waals surface area contributed by atoms with Gasteiger partial charge in [0.2, 0.25) is 11.2 Å². The normalized spacial score (nSPS) is 11.1. The minimum Gasteiger partial charge on any atom is -0.508 e. The molecule has 0 saturated carbocycles. The number of ketones is 1. The summed E-state index contributed by atoms with van der Waals surface area (Å²) in [6.07, 6.45) is -0.213. The van der Waals surface area contributed by atoms with E-state index in [9.17, 15) is 39.9 Å². The Hall–Kier alpha value is -5.68. The Morgan fingerprint density at radius 2 is 1.38 bits per heavy atom. The minimum absolute atomic E-state index is 0.110. The summed E-state index contributed by atoms with van der Waals surface area (Å²) in [6.45, 7) is 6.85. The predicted molar refractivity (Wildman–Crippen MR) is 174 cm³/mol. The third kappa shape index (κ3) is 7.95. The van der Waals surface area contributed by atoms with Crippen LogP contribution in [-0.4, -0.2) is 49.0 Å². The average Bonchev–Trinajstić information content (AvgIpc) is 3.00. The lowest BCUT2D eigenvalue weighted by Crippen LogP contribution is -2.40. The zero-order valence-corrected chi connectivity index (χ0v) is 26.4. The second-order valence-electron chi connectivity index (χ2n) is 11.1. The van der Waals surface area contributed by atoms with E-state index in [0.29, 0.717) is 21.9 Å². The summed E-state index contributed by atoms with van der Waals surface area (Å²) in [5.41, 5.74) is -0.929. The van der Waals surface area contributed by atoms with Gasteiger partial charge in [-0.3, -0.25) is 9.59 Å². The lowest BCUT2D eigenvalue weighted by molar-refractivity contribution is -0.163. The number of rotatable bonds is 7. The highest BCUT2D eigenvalue weighted by Crippen LogP contribution is 2.37. The van der Waals surface area contributed by atoms with Crippen LogP contribution in [0.15, 0.2) is 88.1 Å². The average molecular weight is 663 g/mol.